The Hall–Kier alpha value is -1.13. The smallest absolute Gasteiger partial charge is 0.303 e. The van der Waals surface area contributed by atoms with Gasteiger partial charge < -0.3 is 9.84 Å². The van der Waals surface area contributed by atoms with Gasteiger partial charge in [-0.1, -0.05) is 11.6 Å². The van der Waals surface area contributed by atoms with E-state index in [1.807, 2.05) is 0 Å². The lowest BCUT2D eigenvalue weighted by atomic mass is 9.89. The van der Waals surface area contributed by atoms with Crippen LogP contribution in [0.15, 0.2) is 12.1 Å². The van der Waals surface area contributed by atoms with Crippen molar-refractivity contribution in [1.29, 1.82) is 0 Å². The third-order valence-corrected chi connectivity index (χ3v) is 3.64. The highest BCUT2D eigenvalue weighted by Crippen LogP contribution is 2.46. The Balaban J connectivity index is 2.37. The molecule has 0 radical (unpaired) electrons. The summed E-state index contributed by atoms with van der Waals surface area (Å²) < 4.78 is 19.3. The molecule has 1 fully saturated rings. The lowest BCUT2D eigenvalue weighted by molar-refractivity contribution is -0.137. The van der Waals surface area contributed by atoms with Crippen molar-refractivity contribution in [3.63, 3.8) is 0 Å². The summed E-state index contributed by atoms with van der Waals surface area (Å²) in [7, 11) is 1.48. The highest BCUT2D eigenvalue weighted by atomic mass is 35.5. The van der Waals surface area contributed by atoms with Crippen LogP contribution in [0.4, 0.5) is 4.39 Å². The molecular formula is C14H16ClFO3. The second-order valence-corrected chi connectivity index (χ2v) is 5.38. The maximum absolute atomic E-state index is 14.4. The largest absolute Gasteiger partial charge is 0.481 e. The minimum atomic E-state index is -0.912. The van der Waals surface area contributed by atoms with E-state index in [9.17, 15) is 9.18 Å². The fraction of sp³-hybridized carbons (Fsp3) is 0.500. The Kier molecular flexibility index (Phi) is 4.42. The normalized spacial score (nSPS) is 16.4. The number of aliphatic carboxylic acids is 1. The van der Waals surface area contributed by atoms with E-state index in [0.717, 1.165) is 12.8 Å². The van der Waals surface area contributed by atoms with Crippen LogP contribution in [0.25, 0.3) is 0 Å². The lowest BCUT2D eigenvalue weighted by Crippen LogP contribution is -2.11. The molecule has 19 heavy (non-hydrogen) atoms. The third kappa shape index (κ3) is 3.45. The zero-order valence-corrected chi connectivity index (χ0v) is 11.4. The predicted octanol–water partition coefficient (Wildman–Crippen LogP) is 3.59. The Morgan fingerprint density at radius 3 is 2.79 bits per heavy atom. The molecule has 0 saturated heterocycles. The van der Waals surface area contributed by atoms with Crippen molar-refractivity contribution in [3.05, 3.63) is 34.1 Å². The van der Waals surface area contributed by atoms with E-state index >= 15 is 0 Å². The fourth-order valence-corrected chi connectivity index (χ4v) is 2.67. The first kappa shape index (κ1) is 14.3. The van der Waals surface area contributed by atoms with Crippen LogP contribution in [0.1, 0.15) is 36.3 Å². The van der Waals surface area contributed by atoms with Crippen LogP contribution >= 0.6 is 11.6 Å². The van der Waals surface area contributed by atoms with E-state index in [2.05, 4.69) is 0 Å². The summed E-state index contributed by atoms with van der Waals surface area (Å²) in [5, 5.41) is 9.39. The fourth-order valence-electron chi connectivity index (χ4n) is 2.42. The number of benzene rings is 1. The van der Waals surface area contributed by atoms with Gasteiger partial charge in [-0.15, -0.1) is 0 Å². The summed E-state index contributed by atoms with van der Waals surface area (Å²) in [6.07, 6.45) is 1.83. The first-order valence-electron chi connectivity index (χ1n) is 6.21. The van der Waals surface area contributed by atoms with E-state index in [1.165, 1.54) is 13.2 Å². The van der Waals surface area contributed by atoms with Gasteiger partial charge in [0.25, 0.3) is 0 Å². The van der Waals surface area contributed by atoms with E-state index in [1.54, 1.807) is 6.07 Å². The van der Waals surface area contributed by atoms with E-state index in [0.29, 0.717) is 16.1 Å². The zero-order chi connectivity index (χ0) is 14.0. The van der Waals surface area contributed by atoms with Gasteiger partial charge in [0.05, 0.1) is 13.0 Å². The number of ether oxygens (including phenoxy) is 1. The number of hydrogen-bond acceptors (Lipinski definition) is 2. The molecule has 0 heterocycles. The maximum atomic E-state index is 14.4. The van der Waals surface area contributed by atoms with Gasteiger partial charge in [0, 0.05) is 23.6 Å². The first-order chi connectivity index (χ1) is 9.02. The monoisotopic (exact) mass is 286 g/mol. The van der Waals surface area contributed by atoms with Crippen LogP contribution in [0.3, 0.4) is 0 Å². The van der Waals surface area contributed by atoms with E-state index in [-0.39, 0.29) is 30.7 Å². The third-order valence-electron chi connectivity index (χ3n) is 3.43. The van der Waals surface area contributed by atoms with Gasteiger partial charge in [-0.3, -0.25) is 4.79 Å². The SMILES string of the molecule is COCc1cc(Cl)cc(C(CC(=O)O)C2CC2)c1F. The number of halogens is 2. The molecule has 1 unspecified atom stereocenters. The molecule has 0 amide bonds. The molecule has 0 aromatic heterocycles. The molecule has 1 atom stereocenters. The zero-order valence-electron chi connectivity index (χ0n) is 10.7. The van der Waals surface area contributed by atoms with Gasteiger partial charge in [0.1, 0.15) is 5.82 Å². The van der Waals surface area contributed by atoms with Crippen molar-refractivity contribution >= 4 is 17.6 Å². The number of carbonyl (C=O) groups is 1. The highest BCUT2D eigenvalue weighted by Gasteiger charge is 2.35. The Labute approximate surface area is 116 Å². The van der Waals surface area contributed by atoms with Gasteiger partial charge in [0.2, 0.25) is 0 Å². The Bertz CT molecular complexity index is 486. The van der Waals surface area contributed by atoms with Crippen LogP contribution in [0, 0.1) is 11.7 Å². The molecule has 1 saturated carbocycles. The summed E-state index contributed by atoms with van der Waals surface area (Å²) in [6, 6.07) is 3.07. The second-order valence-electron chi connectivity index (χ2n) is 4.94. The van der Waals surface area contributed by atoms with Crippen molar-refractivity contribution in [1.82, 2.24) is 0 Å². The van der Waals surface area contributed by atoms with Gasteiger partial charge in [-0.05, 0) is 36.5 Å². The van der Waals surface area contributed by atoms with Gasteiger partial charge in [-0.2, -0.15) is 0 Å². The molecule has 1 aromatic carbocycles. The average Bonchev–Trinajstić information content (AvgIpc) is 3.15. The van der Waals surface area contributed by atoms with Crippen molar-refractivity contribution in [2.45, 2.75) is 31.8 Å². The number of carboxylic acids is 1. The Morgan fingerprint density at radius 2 is 2.26 bits per heavy atom. The molecule has 0 bridgehead atoms. The van der Waals surface area contributed by atoms with Crippen LogP contribution in [-0.2, 0) is 16.1 Å². The number of rotatable bonds is 6. The van der Waals surface area contributed by atoms with E-state index < -0.39 is 5.97 Å². The van der Waals surface area contributed by atoms with Crippen molar-refractivity contribution in [3.8, 4) is 0 Å². The number of carboxylic acid groups (broad SMARTS) is 1. The average molecular weight is 287 g/mol. The summed E-state index contributed by atoms with van der Waals surface area (Å²) in [4.78, 5) is 10.9. The van der Waals surface area contributed by atoms with Crippen molar-refractivity contribution in [2.75, 3.05) is 7.11 Å². The number of hydrogen-bond donors (Lipinski definition) is 1. The summed E-state index contributed by atoms with van der Waals surface area (Å²) in [5.41, 5.74) is 0.783. The standard InChI is InChI=1S/C14H16ClFO3/c1-19-7-9-4-10(15)5-12(14(9)16)11(6-13(17)18)8-2-3-8/h4-5,8,11H,2-3,6-7H2,1H3,(H,17,18). The summed E-state index contributed by atoms with van der Waals surface area (Å²) in [6.45, 7) is 0.129. The second kappa shape index (κ2) is 5.88. The molecule has 0 aliphatic heterocycles. The molecule has 104 valence electrons. The van der Waals surface area contributed by atoms with Crippen molar-refractivity contribution < 1.29 is 19.0 Å². The molecule has 1 aliphatic rings. The molecule has 1 N–H and O–H groups in total. The van der Waals surface area contributed by atoms with Gasteiger partial charge in [0.15, 0.2) is 0 Å². The number of methoxy groups -OCH3 is 1. The summed E-state index contributed by atoms with van der Waals surface area (Å²) >= 11 is 5.99. The molecule has 1 aliphatic carbocycles. The quantitative estimate of drug-likeness (QED) is 0.869. The molecule has 2 rings (SSSR count). The highest BCUT2D eigenvalue weighted by molar-refractivity contribution is 6.30. The van der Waals surface area contributed by atoms with Crippen molar-refractivity contribution in [2.24, 2.45) is 5.92 Å². The maximum Gasteiger partial charge on any atom is 0.303 e. The van der Waals surface area contributed by atoms with Crippen LogP contribution < -0.4 is 0 Å². The molecule has 1 aromatic rings. The van der Waals surface area contributed by atoms with Gasteiger partial charge >= 0.3 is 5.97 Å². The minimum Gasteiger partial charge on any atom is -0.481 e. The molecule has 3 nitrogen and oxygen atoms in total. The topological polar surface area (TPSA) is 46.5 Å². The summed E-state index contributed by atoms with van der Waals surface area (Å²) in [5.74, 6) is -1.35. The predicted molar refractivity (Wildman–Crippen MR) is 69.8 cm³/mol. The molecule has 0 spiro atoms. The Morgan fingerprint density at radius 1 is 1.58 bits per heavy atom. The van der Waals surface area contributed by atoms with E-state index in [4.69, 9.17) is 21.4 Å². The lowest BCUT2D eigenvalue weighted by Gasteiger charge is -2.17. The minimum absolute atomic E-state index is 0.0612. The first-order valence-corrected chi connectivity index (χ1v) is 6.59. The van der Waals surface area contributed by atoms with Crippen LogP contribution in [0.2, 0.25) is 5.02 Å². The molecular weight excluding hydrogens is 271 g/mol. The molecule has 5 heteroatoms. The van der Waals surface area contributed by atoms with Crippen LogP contribution in [0.5, 0.6) is 0 Å². The van der Waals surface area contributed by atoms with Crippen LogP contribution in [-0.4, -0.2) is 18.2 Å². The van der Waals surface area contributed by atoms with Gasteiger partial charge in [-0.25, -0.2) is 4.39 Å².